The molecular formula is C28H23F3NO6-. The molecule has 0 N–H and O–H groups in total. The Morgan fingerprint density at radius 2 is 1.66 bits per heavy atom. The summed E-state index contributed by atoms with van der Waals surface area (Å²) in [5.41, 5.74) is 2.34. The minimum absolute atomic E-state index is 0.136. The first-order valence-corrected chi connectivity index (χ1v) is 11.5. The molecule has 1 heterocycles. The largest absolute Gasteiger partial charge is 0.573 e. The molecule has 0 aliphatic carbocycles. The molecule has 0 amide bonds. The molecule has 38 heavy (non-hydrogen) atoms. The van der Waals surface area contributed by atoms with Gasteiger partial charge in [0.2, 0.25) is 0 Å². The molecule has 4 rings (SSSR count). The number of alkyl halides is 3. The van der Waals surface area contributed by atoms with Gasteiger partial charge in [0.1, 0.15) is 23.4 Å². The van der Waals surface area contributed by atoms with Crippen LogP contribution in [0, 0.1) is 6.92 Å². The molecule has 0 aliphatic rings. The number of carboxylic acid groups (broad SMARTS) is 1. The summed E-state index contributed by atoms with van der Waals surface area (Å²) >= 11 is 0. The van der Waals surface area contributed by atoms with E-state index in [1.165, 1.54) is 30.7 Å². The van der Waals surface area contributed by atoms with Crippen LogP contribution in [0.3, 0.4) is 0 Å². The molecule has 7 nitrogen and oxygen atoms in total. The predicted octanol–water partition coefficient (Wildman–Crippen LogP) is 4.65. The van der Waals surface area contributed by atoms with Gasteiger partial charge >= 0.3 is 6.36 Å². The number of aliphatic carboxylic acids is 1. The maximum absolute atomic E-state index is 13.6. The van der Waals surface area contributed by atoms with E-state index in [0.717, 1.165) is 6.07 Å². The number of fused-ring (bicyclic) bond motifs is 1. The average Bonchev–Trinajstić information content (AvgIpc) is 3.14. The number of carbonyl (C=O) groups is 2. The van der Waals surface area contributed by atoms with Crippen molar-refractivity contribution in [2.75, 3.05) is 7.11 Å². The number of carboxylic acids is 1. The minimum atomic E-state index is -4.90. The number of benzene rings is 3. The molecule has 0 saturated heterocycles. The summed E-state index contributed by atoms with van der Waals surface area (Å²) in [5.74, 6) is -1.38. The molecule has 0 spiro atoms. The van der Waals surface area contributed by atoms with Crippen molar-refractivity contribution in [2.45, 2.75) is 32.7 Å². The highest BCUT2D eigenvalue weighted by atomic mass is 19.4. The van der Waals surface area contributed by atoms with Crippen LogP contribution in [0.15, 0.2) is 66.7 Å². The molecule has 0 fully saturated rings. The van der Waals surface area contributed by atoms with Crippen molar-refractivity contribution >= 4 is 22.8 Å². The van der Waals surface area contributed by atoms with Crippen molar-refractivity contribution in [3.63, 3.8) is 0 Å². The van der Waals surface area contributed by atoms with Crippen LogP contribution in [0.25, 0.3) is 10.9 Å². The maximum Gasteiger partial charge on any atom is 0.573 e. The van der Waals surface area contributed by atoms with Gasteiger partial charge in [-0.3, -0.25) is 9.36 Å². The van der Waals surface area contributed by atoms with Crippen molar-refractivity contribution in [1.82, 2.24) is 4.57 Å². The zero-order valence-corrected chi connectivity index (χ0v) is 20.7. The lowest BCUT2D eigenvalue weighted by atomic mass is 10.0. The van der Waals surface area contributed by atoms with Gasteiger partial charge in [0.25, 0.3) is 5.91 Å². The Labute approximate surface area is 216 Å². The lowest BCUT2D eigenvalue weighted by Crippen LogP contribution is -2.37. The Hall–Kier alpha value is -4.47. The Bertz CT molecular complexity index is 1490. The normalized spacial score (nSPS) is 12.3. The van der Waals surface area contributed by atoms with Crippen LogP contribution in [0.5, 0.6) is 17.2 Å². The highest BCUT2D eigenvalue weighted by Gasteiger charge is 2.31. The molecule has 0 radical (unpaired) electrons. The van der Waals surface area contributed by atoms with Crippen molar-refractivity contribution in [3.05, 3.63) is 89.1 Å². The fourth-order valence-corrected chi connectivity index (χ4v) is 4.20. The molecule has 1 atom stereocenters. The van der Waals surface area contributed by atoms with Crippen LogP contribution >= 0.6 is 0 Å². The molecule has 0 bridgehead atoms. The zero-order chi connectivity index (χ0) is 27.6. The Morgan fingerprint density at radius 3 is 2.29 bits per heavy atom. The number of ether oxygens (including phenoxy) is 3. The van der Waals surface area contributed by atoms with Crippen LogP contribution in [-0.4, -0.2) is 36.0 Å². The molecule has 10 heteroatoms. The molecule has 0 saturated carbocycles. The van der Waals surface area contributed by atoms with E-state index in [1.807, 2.05) is 0 Å². The topological polar surface area (TPSA) is 89.8 Å². The summed E-state index contributed by atoms with van der Waals surface area (Å²) in [7, 11) is 1.50. The van der Waals surface area contributed by atoms with Gasteiger partial charge < -0.3 is 24.1 Å². The second kappa shape index (κ2) is 10.5. The van der Waals surface area contributed by atoms with E-state index in [9.17, 15) is 27.9 Å². The van der Waals surface area contributed by atoms with Crippen LogP contribution in [-0.2, 0) is 11.2 Å². The van der Waals surface area contributed by atoms with Gasteiger partial charge in [-0.2, -0.15) is 0 Å². The molecular weight excluding hydrogens is 503 g/mol. The van der Waals surface area contributed by atoms with E-state index in [1.54, 1.807) is 55.5 Å². The van der Waals surface area contributed by atoms with Gasteiger partial charge in [-0.25, -0.2) is 0 Å². The Kier molecular flexibility index (Phi) is 7.34. The number of para-hydroxylation sites is 1. The van der Waals surface area contributed by atoms with Crippen molar-refractivity contribution in [3.8, 4) is 17.2 Å². The van der Waals surface area contributed by atoms with E-state index in [4.69, 9.17) is 9.47 Å². The number of halogens is 3. The number of carbonyl (C=O) groups excluding carboxylic acids is 2. The lowest BCUT2D eigenvalue weighted by Gasteiger charge is -2.18. The van der Waals surface area contributed by atoms with Gasteiger partial charge in [-0.05, 0) is 73.5 Å². The standard InChI is InChI=1S/C28H24F3NO6/c1-16-22(14-19-6-4-5-7-25(19)37-17(2)27(34)35)23-15-21(38-28(29,30)31)12-13-24(23)32(16)26(33)18-8-10-20(36-3)11-9-18/h4-13,15,17H,14H2,1-3H3,(H,34,35)/p-1/t17-/m0/s1. The van der Waals surface area contributed by atoms with Gasteiger partial charge in [0.15, 0.2) is 0 Å². The Morgan fingerprint density at radius 1 is 1.00 bits per heavy atom. The first kappa shape index (κ1) is 26.6. The van der Waals surface area contributed by atoms with E-state index in [-0.39, 0.29) is 18.1 Å². The third-order valence-electron chi connectivity index (χ3n) is 6.06. The van der Waals surface area contributed by atoms with Gasteiger partial charge in [-0.15, -0.1) is 13.2 Å². The number of nitrogens with zero attached hydrogens (tertiary/aromatic N) is 1. The van der Waals surface area contributed by atoms with E-state index >= 15 is 0 Å². The van der Waals surface area contributed by atoms with Crippen molar-refractivity contribution in [2.24, 2.45) is 0 Å². The molecule has 0 aliphatic heterocycles. The summed E-state index contributed by atoms with van der Waals surface area (Å²) < 4.78 is 55.1. The van der Waals surface area contributed by atoms with Crippen molar-refractivity contribution < 1.29 is 42.1 Å². The summed E-state index contributed by atoms with van der Waals surface area (Å²) in [6.07, 6.45) is -6.00. The number of rotatable bonds is 8. The molecule has 198 valence electrons. The van der Waals surface area contributed by atoms with Gasteiger partial charge in [0, 0.05) is 23.1 Å². The van der Waals surface area contributed by atoms with Crippen LogP contribution in [0.1, 0.15) is 34.1 Å². The first-order chi connectivity index (χ1) is 18.0. The predicted molar refractivity (Wildman–Crippen MR) is 130 cm³/mol. The van der Waals surface area contributed by atoms with E-state index < -0.39 is 24.2 Å². The monoisotopic (exact) mass is 526 g/mol. The molecule has 0 unspecified atom stereocenters. The first-order valence-electron chi connectivity index (χ1n) is 11.5. The zero-order valence-electron chi connectivity index (χ0n) is 20.7. The van der Waals surface area contributed by atoms with Crippen LogP contribution in [0.4, 0.5) is 13.2 Å². The molecule has 3 aromatic carbocycles. The fraction of sp³-hybridized carbons (Fsp3) is 0.214. The Balaban J connectivity index is 1.85. The van der Waals surface area contributed by atoms with Crippen LogP contribution in [0.2, 0.25) is 0 Å². The minimum Gasteiger partial charge on any atom is -0.546 e. The van der Waals surface area contributed by atoms with Crippen molar-refractivity contribution in [1.29, 1.82) is 0 Å². The number of hydrogen-bond donors (Lipinski definition) is 0. The third kappa shape index (κ3) is 5.59. The number of methoxy groups -OCH3 is 1. The average molecular weight is 526 g/mol. The lowest BCUT2D eigenvalue weighted by molar-refractivity contribution is -0.312. The van der Waals surface area contributed by atoms with E-state index in [0.29, 0.717) is 39.0 Å². The molecule has 4 aromatic rings. The number of aromatic nitrogens is 1. The van der Waals surface area contributed by atoms with Gasteiger partial charge in [-0.1, -0.05) is 18.2 Å². The second-order valence-electron chi connectivity index (χ2n) is 8.52. The highest BCUT2D eigenvalue weighted by molar-refractivity contribution is 6.04. The maximum atomic E-state index is 13.6. The summed E-state index contributed by atoms with van der Waals surface area (Å²) in [6.45, 7) is 3.02. The number of hydrogen-bond acceptors (Lipinski definition) is 6. The third-order valence-corrected chi connectivity index (χ3v) is 6.06. The summed E-state index contributed by atoms with van der Waals surface area (Å²) in [6, 6.07) is 16.9. The smallest absolute Gasteiger partial charge is 0.546 e. The van der Waals surface area contributed by atoms with Gasteiger partial charge in [0.05, 0.1) is 18.6 Å². The summed E-state index contributed by atoms with van der Waals surface area (Å²) in [4.78, 5) is 24.8. The van der Waals surface area contributed by atoms with E-state index in [2.05, 4.69) is 4.74 Å². The fourth-order valence-electron chi connectivity index (χ4n) is 4.20. The quantitative estimate of drug-likeness (QED) is 0.332. The molecule has 1 aromatic heterocycles. The van der Waals surface area contributed by atoms with Crippen LogP contribution < -0.4 is 19.3 Å². The SMILES string of the molecule is COc1ccc(C(=O)n2c(C)c(Cc3ccccc3O[C@@H](C)C(=O)[O-])c3cc(OC(F)(F)F)ccc32)cc1. The highest BCUT2D eigenvalue weighted by Crippen LogP contribution is 2.35. The second-order valence-corrected chi connectivity index (χ2v) is 8.52. The summed E-state index contributed by atoms with van der Waals surface area (Å²) in [5, 5.41) is 11.6.